The van der Waals surface area contributed by atoms with Crippen molar-refractivity contribution in [3.8, 4) is 0 Å². The number of nitrogens with one attached hydrogen (secondary N) is 2. The highest BCUT2D eigenvalue weighted by molar-refractivity contribution is 6.14. The van der Waals surface area contributed by atoms with Gasteiger partial charge in [0.25, 0.3) is 0 Å². The molecule has 2 unspecified atom stereocenters. The minimum Gasteiger partial charge on any atom is -0.480 e. The van der Waals surface area contributed by atoms with Gasteiger partial charge in [-0.25, -0.2) is 22.4 Å². The van der Waals surface area contributed by atoms with E-state index >= 15 is 0 Å². The summed E-state index contributed by atoms with van der Waals surface area (Å²) in [5.74, 6) is -18.4. The Kier molecular flexibility index (Phi) is 15.1. The van der Waals surface area contributed by atoms with E-state index in [1.54, 1.807) is 0 Å². The number of aliphatic carboxylic acids is 3. The average molecular weight is 707 g/mol. The van der Waals surface area contributed by atoms with E-state index in [1.807, 2.05) is 44.2 Å². The number of hydrogen-bond donors (Lipinski definition) is 5. The molecule has 0 aliphatic heterocycles. The van der Waals surface area contributed by atoms with Gasteiger partial charge in [0, 0.05) is 11.1 Å². The number of carbonyl (C=O) groups excluding carboxylic acids is 3. The fraction of sp³-hybridized carbons (Fsp3) is 0.294. The number of hydrogen-bond acceptors (Lipinski definition) is 7. The van der Waals surface area contributed by atoms with Crippen molar-refractivity contribution in [2.45, 2.75) is 57.7 Å². The zero-order valence-corrected chi connectivity index (χ0v) is 26.9. The molecule has 0 saturated heterocycles. The predicted octanol–water partition coefficient (Wildman–Crippen LogP) is 4.77. The number of Topliss-reactive ketones (excluding diaryl/α,β-unsaturated/α-hetero) is 1. The van der Waals surface area contributed by atoms with Crippen LogP contribution in [0.4, 0.5) is 22.4 Å². The van der Waals surface area contributed by atoms with Gasteiger partial charge >= 0.3 is 24.0 Å². The van der Waals surface area contributed by atoms with Gasteiger partial charge in [0.1, 0.15) is 53.8 Å². The lowest BCUT2D eigenvalue weighted by molar-refractivity contribution is -0.147. The third-order valence-corrected chi connectivity index (χ3v) is 6.90. The minimum absolute atomic E-state index is 0.0915. The molecule has 0 aliphatic carbocycles. The van der Waals surface area contributed by atoms with Crippen LogP contribution in [0.15, 0.2) is 66.7 Å². The number of carbonyl (C=O) groups is 6. The molecule has 0 bridgehead atoms. The Bertz CT molecular complexity index is 1590. The van der Waals surface area contributed by atoms with E-state index in [9.17, 15) is 56.5 Å². The number of amides is 2. The lowest BCUT2D eigenvalue weighted by Crippen LogP contribution is -2.51. The number of benzene rings is 3. The van der Waals surface area contributed by atoms with Crippen LogP contribution in [0.3, 0.4) is 0 Å². The van der Waals surface area contributed by atoms with E-state index in [0.29, 0.717) is 30.7 Å². The third-order valence-electron chi connectivity index (χ3n) is 6.90. The van der Waals surface area contributed by atoms with Crippen molar-refractivity contribution in [1.29, 1.82) is 0 Å². The molecule has 4 atom stereocenters. The summed E-state index contributed by atoms with van der Waals surface area (Å²) in [6.45, 7) is 5.25. The van der Waals surface area contributed by atoms with E-state index < -0.39 is 94.0 Å². The second-order valence-electron chi connectivity index (χ2n) is 11.2. The van der Waals surface area contributed by atoms with Gasteiger partial charge in [-0.3, -0.25) is 24.0 Å². The van der Waals surface area contributed by atoms with Gasteiger partial charge in [0.15, 0.2) is 5.78 Å². The second kappa shape index (κ2) is 18.7. The van der Waals surface area contributed by atoms with Crippen LogP contribution in [-0.2, 0) is 35.3 Å². The molecule has 268 valence electrons. The number of rotatable bonds is 14. The zero-order chi connectivity index (χ0) is 37.7. The maximum Gasteiger partial charge on any atom is 0.408 e. The van der Waals surface area contributed by atoms with Crippen LogP contribution < -0.4 is 10.6 Å². The molecule has 0 radical (unpaired) electrons. The number of carboxylic acid groups (broad SMARTS) is 3. The zero-order valence-electron chi connectivity index (χ0n) is 26.9. The number of carboxylic acids is 3. The van der Waals surface area contributed by atoms with Gasteiger partial charge in [-0.1, -0.05) is 56.3 Å². The lowest BCUT2D eigenvalue weighted by atomic mass is 9.83. The van der Waals surface area contributed by atoms with Crippen molar-refractivity contribution >= 4 is 35.7 Å². The highest BCUT2D eigenvalue weighted by Crippen LogP contribution is 2.32. The Morgan fingerprint density at radius 1 is 0.640 bits per heavy atom. The molecular formula is C34H34F4N2O10. The van der Waals surface area contributed by atoms with E-state index in [1.165, 1.54) is 6.92 Å². The van der Waals surface area contributed by atoms with Gasteiger partial charge < -0.3 is 30.7 Å². The van der Waals surface area contributed by atoms with Crippen LogP contribution in [0.25, 0.3) is 0 Å². The Hall–Kier alpha value is -5.80. The van der Waals surface area contributed by atoms with Crippen molar-refractivity contribution in [3.05, 3.63) is 107 Å². The first kappa shape index (κ1) is 40.4. The number of ketones is 1. The van der Waals surface area contributed by atoms with Crippen molar-refractivity contribution in [2.75, 3.05) is 0 Å². The maximum atomic E-state index is 13.9. The molecule has 50 heavy (non-hydrogen) atoms. The van der Waals surface area contributed by atoms with Gasteiger partial charge in [0.05, 0.1) is 0 Å². The van der Waals surface area contributed by atoms with E-state index in [-0.39, 0.29) is 12.5 Å². The van der Waals surface area contributed by atoms with Crippen molar-refractivity contribution in [2.24, 2.45) is 5.92 Å². The molecule has 16 heteroatoms. The summed E-state index contributed by atoms with van der Waals surface area (Å²) in [7, 11) is 0. The predicted molar refractivity (Wildman–Crippen MR) is 167 cm³/mol. The van der Waals surface area contributed by atoms with Gasteiger partial charge in [-0.05, 0) is 49.1 Å². The highest BCUT2D eigenvalue weighted by Gasteiger charge is 2.43. The molecule has 3 aromatic carbocycles. The maximum absolute atomic E-state index is 13.9. The number of halogens is 4. The SMILES string of the molecule is CC(C)C[C@H](NC(=O)OCc1ccccc1)C(=O)N[C@@H](C)C(=O)O.O=C(O)C(C(=O)C(C(=O)O)c1c(F)cccc1F)c1c(F)cccc1F. The summed E-state index contributed by atoms with van der Waals surface area (Å²) in [6, 6.07) is 11.8. The minimum atomic E-state index is -2.61. The highest BCUT2D eigenvalue weighted by atomic mass is 19.1. The summed E-state index contributed by atoms with van der Waals surface area (Å²) < 4.78 is 60.7. The van der Waals surface area contributed by atoms with Crippen molar-refractivity contribution in [1.82, 2.24) is 10.6 Å². The fourth-order valence-corrected chi connectivity index (χ4v) is 4.50. The monoisotopic (exact) mass is 706 g/mol. The number of alkyl carbamates (subject to hydrolysis) is 1. The standard InChI is InChI=1S/C17H10F4O5.C17H24N2O5/c18-7-3-1-4-8(19)11(7)13(16(23)24)15(22)14(17(25)26)12-9(20)5-2-6-10(12)21;1-11(2)9-14(15(20)18-12(3)16(21)22)19-17(23)24-10-13-7-5-4-6-8-13/h1-6,13-14H,(H,23,24)(H,25,26);4-8,11-12,14H,9-10H2,1-3H3,(H,18,20)(H,19,23)(H,21,22)/t;12-,14-/m.0/s1. The summed E-state index contributed by atoms with van der Waals surface area (Å²) in [4.78, 5) is 70.3. The summed E-state index contributed by atoms with van der Waals surface area (Å²) >= 11 is 0. The van der Waals surface area contributed by atoms with Crippen LogP contribution in [0.2, 0.25) is 0 Å². The first-order chi connectivity index (χ1) is 23.5. The molecular weight excluding hydrogens is 672 g/mol. The first-order valence-electron chi connectivity index (χ1n) is 14.8. The summed E-state index contributed by atoms with van der Waals surface area (Å²) in [5.41, 5.74) is -1.60. The Morgan fingerprint density at radius 2 is 1.08 bits per heavy atom. The molecule has 3 rings (SSSR count). The first-order valence-corrected chi connectivity index (χ1v) is 14.8. The van der Waals surface area contributed by atoms with Crippen molar-refractivity contribution in [3.63, 3.8) is 0 Å². The topological polar surface area (TPSA) is 196 Å². The largest absolute Gasteiger partial charge is 0.480 e. The molecule has 12 nitrogen and oxygen atoms in total. The molecule has 0 aliphatic rings. The summed E-state index contributed by atoms with van der Waals surface area (Å²) in [6.07, 6.45) is -0.346. The molecule has 5 N–H and O–H groups in total. The van der Waals surface area contributed by atoms with Crippen LogP contribution in [0.1, 0.15) is 55.7 Å². The Balaban J connectivity index is 0.000000348. The second-order valence-corrected chi connectivity index (χ2v) is 11.2. The lowest BCUT2D eigenvalue weighted by Gasteiger charge is -2.21. The molecule has 2 amide bonds. The fourth-order valence-electron chi connectivity index (χ4n) is 4.50. The molecule has 0 saturated carbocycles. The molecule has 0 fully saturated rings. The van der Waals surface area contributed by atoms with Gasteiger partial charge in [0.2, 0.25) is 5.91 Å². The van der Waals surface area contributed by atoms with Gasteiger partial charge in [-0.2, -0.15) is 0 Å². The average Bonchev–Trinajstić information content (AvgIpc) is 3.03. The van der Waals surface area contributed by atoms with Crippen LogP contribution in [-0.4, -0.2) is 63.1 Å². The Labute approximate surface area is 283 Å². The van der Waals surface area contributed by atoms with Gasteiger partial charge in [-0.15, -0.1) is 0 Å². The van der Waals surface area contributed by atoms with E-state index in [4.69, 9.17) is 9.84 Å². The third kappa shape index (κ3) is 11.4. The summed E-state index contributed by atoms with van der Waals surface area (Å²) in [5, 5.41) is 32.2. The molecule has 0 spiro atoms. The van der Waals surface area contributed by atoms with E-state index in [0.717, 1.165) is 17.7 Å². The quantitative estimate of drug-likeness (QED) is 0.115. The van der Waals surface area contributed by atoms with Crippen LogP contribution in [0, 0.1) is 29.2 Å². The smallest absolute Gasteiger partial charge is 0.408 e. The number of ether oxygens (including phenoxy) is 1. The normalized spacial score (nSPS) is 13.0. The molecule has 3 aromatic rings. The Morgan fingerprint density at radius 3 is 1.46 bits per heavy atom. The van der Waals surface area contributed by atoms with E-state index in [2.05, 4.69) is 10.6 Å². The van der Waals surface area contributed by atoms with Crippen LogP contribution in [0.5, 0.6) is 0 Å². The van der Waals surface area contributed by atoms with Crippen LogP contribution >= 0.6 is 0 Å². The molecule has 0 heterocycles. The van der Waals surface area contributed by atoms with Crippen molar-refractivity contribution < 1.29 is 66.4 Å². The molecule has 0 aromatic heterocycles.